The number of rotatable bonds is 4. The quantitative estimate of drug-likeness (QED) is 0.922. The Morgan fingerprint density at radius 3 is 2.89 bits per heavy atom. The van der Waals surface area contributed by atoms with Crippen molar-refractivity contribution < 1.29 is 4.79 Å². The summed E-state index contributed by atoms with van der Waals surface area (Å²) >= 11 is 1.76. The lowest BCUT2D eigenvalue weighted by Gasteiger charge is -2.18. The third-order valence-corrected chi connectivity index (χ3v) is 4.42. The van der Waals surface area contributed by atoms with Gasteiger partial charge in [-0.15, -0.1) is 23.7 Å². The number of carbonyl (C=O) groups is 1. The van der Waals surface area contributed by atoms with E-state index in [9.17, 15) is 4.79 Å². The zero-order valence-corrected chi connectivity index (χ0v) is 12.6. The maximum atomic E-state index is 12.3. The summed E-state index contributed by atoms with van der Waals surface area (Å²) in [6, 6.07) is 0. The van der Waals surface area contributed by atoms with E-state index in [1.165, 1.54) is 23.3 Å². The van der Waals surface area contributed by atoms with Gasteiger partial charge in [0.2, 0.25) is 0 Å². The second-order valence-corrected chi connectivity index (χ2v) is 5.55. The summed E-state index contributed by atoms with van der Waals surface area (Å²) in [4.78, 5) is 15.5. The molecule has 1 amide bonds. The molecule has 5 heteroatoms. The molecule has 1 heterocycles. The average molecular weight is 289 g/mol. The van der Waals surface area contributed by atoms with Gasteiger partial charge in [0.1, 0.15) is 0 Å². The number of fused-ring (bicyclic) bond motifs is 1. The molecule has 3 nitrogen and oxygen atoms in total. The van der Waals surface area contributed by atoms with Gasteiger partial charge in [-0.2, -0.15) is 0 Å². The molecule has 0 fully saturated rings. The van der Waals surface area contributed by atoms with Crippen LogP contribution in [-0.2, 0) is 12.8 Å². The van der Waals surface area contributed by atoms with E-state index in [-0.39, 0.29) is 18.3 Å². The summed E-state index contributed by atoms with van der Waals surface area (Å²) in [5.74, 6) is 0.180. The van der Waals surface area contributed by atoms with Crippen LogP contribution < -0.4 is 5.32 Å². The van der Waals surface area contributed by atoms with E-state index in [4.69, 9.17) is 0 Å². The molecule has 0 unspecified atom stereocenters. The fourth-order valence-corrected chi connectivity index (χ4v) is 3.38. The third-order valence-electron chi connectivity index (χ3n) is 3.34. The molecular formula is C13H21ClN2OS. The number of aryl methyl sites for hydroxylation is 1. The molecule has 1 N–H and O–H groups in total. The molecule has 0 aliphatic heterocycles. The standard InChI is InChI=1S/C13H20N2OS.ClH/c1-14-7-8-15(2)13(16)11-9-17-12-6-4-3-5-10(11)12;/h9,14H,3-8H2,1-2H3;1H. The van der Waals surface area contributed by atoms with E-state index in [2.05, 4.69) is 5.32 Å². The number of nitrogens with zero attached hydrogens (tertiary/aromatic N) is 1. The van der Waals surface area contributed by atoms with Gasteiger partial charge in [-0.3, -0.25) is 4.79 Å². The lowest BCUT2D eigenvalue weighted by molar-refractivity contribution is 0.0796. The van der Waals surface area contributed by atoms with E-state index in [0.717, 1.165) is 31.5 Å². The summed E-state index contributed by atoms with van der Waals surface area (Å²) < 4.78 is 0. The molecule has 1 aromatic heterocycles. The molecule has 0 saturated carbocycles. The number of thiophene rings is 1. The number of nitrogens with one attached hydrogen (secondary N) is 1. The molecule has 0 bridgehead atoms. The zero-order chi connectivity index (χ0) is 12.3. The van der Waals surface area contributed by atoms with Gasteiger partial charge in [-0.25, -0.2) is 0 Å². The van der Waals surface area contributed by atoms with Crippen LogP contribution in [0.1, 0.15) is 33.6 Å². The Balaban J connectivity index is 0.00000162. The first-order chi connectivity index (χ1) is 8.24. The van der Waals surface area contributed by atoms with Crippen LogP contribution >= 0.6 is 23.7 Å². The minimum Gasteiger partial charge on any atom is -0.340 e. The molecule has 1 aliphatic rings. The van der Waals surface area contributed by atoms with Crippen molar-refractivity contribution in [2.24, 2.45) is 0 Å². The summed E-state index contributed by atoms with van der Waals surface area (Å²) in [6.07, 6.45) is 4.74. The number of amides is 1. The maximum Gasteiger partial charge on any atom is 0.254 e. The van der Waals surface area contributed by atoms with Gasteiger partial charge in [-0.1, -0.05) is 0 Å². The van der Waals surface area contributed by atoms with Crippen molar-refractivity contribution in [2.75, 3.05) is 27.2 Å². The van der Waals surface area contributed by atoms with Crippen LogP contribution in [0.2, 0.25) is 0 Å². The number of hydrogen-bond acceptors (Lipinski definition) is 3. The van der Waals surface area contributed by atoms with Gasteiger partial charge in [0.15, 0.2) is 0 Å². The van der Waals surface area contributed by atoms with Crippen molar-refractivity contribution in [3.8, 4) is 0 Å². The molecule has 0 radical (unpaired) electrons. The maximum absolute atomic E-state index is 12.3. The predicted molar refractivity (Wildman–Crippen MR) is 79.1 cm³/mol. The van der Waals surface area contributed by atoms with Gasteiger partial charge >= 0.3 is 0 Å². The minimum absolute atomic E-state index is 0. The lowest BCUT2D eigenvalue weighted by Crippen LogP contribution is -2.33. The summed E-state index contributed by atoms with van der Waals surface area (Å²) in [6.45, 7) is 1.61. The van der Waals surface area contributed by atoms with Crippen LogP contribution in [-0.4, -0.2) is 38.0 Å². The van der Waals surface area contributed by atoms with E-state index < -0.39 is 0 Å². The Hall–Kier alpha value is -0.580. The van der Waals surface area contributed by atoms with E-state index in [1.807, 2.05) is 24.4 Å². The Kier molecular flexibility index (Phi) is 6.12. The number of hydrogen-bond donors (Lipinski definition) is 1. The summed E-state index contributed by atoms with van der Waals surface area (Å²) in [5.41, 5.74) is 2.27. The molecule has 18 heavy (non-hydrogen) atoms. The van der Waals surface area contributed by atoms with Crippen molar-refractivity contribution in [2.45, 2.75) is 25.7 Å². The molecule has 0 atom stereocenters. The molecule has 1 aliphatic carbocycles. The van der Waals surface area contributed by atoms with E-state index in [1.54, 1.807) is 11.3 Å². The molecule has 102 valence electrons. The molecule has 1 aromatic rings. The van der Waals surface area contributed by atoms with Crippen molar-refractivity contribution in [3.05, 3.63) is 21.4 Å². The smallest absolute Gasteiger partial charge is 0.254 e. The number of halogens is 1. The molecule has 2 rings (SSSR count). The summed E-state index contributed by atoms with van der Waals surface area (Å²) in [5, 5.41) is 5.12. The van der Waals surface area contributed by atoms with Gasteiger partial charge in [0, 0.05) is 30.4 Å². The largest absolute Gasteiger partial charge is 0.340 e. The van der Waals surface area contributed by atoms with Gasteiger partial charge in [0.05, 0.1) is 5.56 Å². The second kappa shape index (κ2) is 7.12. The Morgan fingerprint density at radius 1 is 1.44 bits per heavy atom. The first-order valence-corrected chi connectivity index (χ1v) is 7.11. The van der Waals surface area contributed by atoms with Crippen LogP contribution in [0, 0.1) is 0 Å². The highest BCUT2D eigenvalue weighted by molar-refractivity contribution is 7.10. The van der Waals surface area contributed by atoms with Crippen molar-refractivity contribution >= 4 is 29.7 Å². The zero-order valence-electron chi connectivity index (χ0n) is 11.0. The Morgan fingerprint density at radius 2 is 2.17 bits per heavy atom. The fourth-order valence-electron chi connectivity index (χ4n) is 2.26. The van der Waals surface area contributed by atoms with Crippen molar-refractivity contribution in [3.63, 3.8) is 0 Å². The van der Waals surface area contributed by atoms with Gasteiger partial charge in [0.25, 0.3) is 5.91 Å². The lowest BCUT2D eigenvalue weighted by atomic mass is 9.95. The second-order valence-electron chi connectivity index (χ2n) is 4.59. The SMILES string of the molecule is CNCCN(C)C(=O)c1csc2c1CCCC2.Cl. The molecule has 0 aromatic carbocycles. The molecule has 0 spiro atoms. The fraction of sp³-hybridized carbons (Fsp3) is 0.615. The first kappa shape index (κ1) is 15.5. The predicted octanol–water partition coefficient (Wildman–Crippen LogP) is 2.34. The van der Waals surface area contributed by atoms with Gasteiger partial charge < -0.3 is 10.2 Å². The van der Waals surface area contributed by atoms with E-state index in [0.29, 0.717) is 0 Å². The first-order valence-electron chi connectivity index (χ1n) is 6.23. The highest BCUT2D eigenvalue weighted by Gasteiger charge is 2.21. The summed E-state index contributed by atoms with van der Waals surface area (Å²) in [7, 11) is 3.79. The number of likely N-dealkylation sites (N-methyl/N-ethyl adjacent to an activating group) is 2. The Labute approximate surface area is 119 Å². The average Bonchev–Trinajstić information content (AvgIpc) is 2.78. The molecule has 0 saturated heterocycles. The Bertz CT molecular complexity index is 406. The van der Waals surface area contributed by atoms with Crippen LogP contribution in [0.15, 0.2) is 5.38 Å². The normalized spacial score (nSPS) is 13.7. The highest BCUT2D eigenvalue weighted by Crippen LogP contribution is 2.30. The molecular weight excluding hydrogens is 268 g/mol. The number of carbonyl (C=O) groups excluding carboxylic acids is 1. The van der Waals surface area contributed by atoms with Gasteiger partial charge in [-0.05, 0) is 38.3 Å². The minimum atomic E-state index is 0. The monoisotopic (exact) mass is 288 g/mol. The van der Waals surface area contributed by atoms with Crippen LogP contribution in [0.5, 0.6) is 0 Å². The van der Waals surface area contributed by atoms with Crippen molar-refractivity contribution in [1.82, 2.24) is 10.2 Å². The third kappa shape index (κ3) is 3.25. The van der Waals surface area contributed by atoms with Crippen LogP contribution in [0.3, 0.4) is 0 Å². The van der Waals surface area contributed by atoms with Crippen LogP contribution in [0.25, 0.3) is 0 Å². The topological polar surface area (TPSA) is 32.3 Å². The van der Waals surface area contributed by atoms with Crippen molar-refractivity contribution in [1.29, 1.82) is 0 Å². The van der Waals surface area contributed by atoms with E-state index >= 15 is 0 Å². The van der Waals surface area contributed by atoms with Crippen LogP contribution in [0.4, 0.5) is 0 Å². The highest BCUT2D eigenvalue weighted by atomic mass is 35.5.